The Labute approximate surface area is 166 Å². The third-order valence-electron chi connectivity index (χ3n) is 4.74. The molecule has 6 nitrogen and oxygen atoms in total. The molecule has 29 heavy (non-hydrogen) atoms. The number of carbonyl (C=O) groups excluding carboxylic acids is 1. The molecule has 0 saturated carbocycles. The molecule has 7 heteroatoms. The number of methoxy groups -OCH3 is 1. The molecule has 0 atom stereocenters. The summed E-state index contributed by atoms with van der Waals surface area (Å²) in [5.41, 5.74) is 3.35. The van der Waals surface area contributed by atoms with E-state index in [2.05, 4.69) is 15.3 Å². The van der Waals surface area contributed by atoms with Crippen LogP contribution in [0.1, 0.15) is 21.6 Å². The quantitative estimate of drug-likeness (QED) is 0.520. The fourth-order valence-electron chi connectivity index (χ4n) is 3.48. The average Bonchev–Trinajstić information content (AvgIpc) is 3.12. The molecule has 2 aromatic carbocycles. The highest BCUT2D eigenvalue weighted by Crippen LogP contribution is 2.36. The van der Waals surface area contributed by atoms with Crippen LogP contribution in [0.15, 0.2) is 48.7 Å². The maximum atomic E-state index is 13.5. The second-order valence-corrected chi connectivity index (χ2v) is 6.61. The lowest BCUT2D eigenvalue weighted by Gasteiger charge is -2.11. The fourth-order valence-corrected chi connectivity index (χ4v) is 3.48. The smallest absolute Gasteiger partial charge is 0.270 e. The Morgan fingerprint density at radius 1 is 1.14 bits per heavy atom. The van der Waals surface area contributed by atoms with Gasteiger partial charge >= 0.3 is 0 Å². The maximum absolute atomic E-state index is 13.5. The first-order valence-corrected chi connectivity index (χ1v) is 9.13. The van der Waals surface area contributed by atoms with Crippen molar-refractivity contribution in [2.24, 2.45) is 0 Å². The highest BCUT2D eigenvalue weighted by Gasteiger charge is 2.20. The van der Waals surface area contributed by atoms with Gasteiger partial charge in [-0.25, -0.2) is 9.37 Å². The van der Waals surface area contributed by atoms with E-state index in [0.717, 1.165) is 27.4 Å². The molecule has 0 aliphatic rings. The van der Waals surface area contributed by atoms with Gasteiger partial charge in [-0.05, 0) is 29.8 Å². The Morgan fingerprint density at radius 3 is 2.72 bits per heavy atom. The Morgan fingerprint density at radius 2 is 1.97 bits per heavy atom. The minimum absolute atomic E-state index is 0.219. The molecule has 0 fully saturated rings. The van der Waals surface area contributed by atoms with Crippen LogP contribution >= 0.6 is 0 Å². The predicted molar refractivity (Wildman–Crippen MR) is 108 cm³/mol. The van der Waals surface area contributed by atoms with Crippen LogP contribution in [0, 0.1) is 5.82 Å². The number of ether oxygens (including phenoxy) is 2. The van der Waals surface area contributed by atoms with Crippen molar-refractivity contribution >= 4 is 27.7 Å². The van der Waals surface area contributed by atoms with Gasteiger partial charge in [-0.1, -0.05) is 18.2 Å². The van der Waals surface area contributed by atoms with Crippen molar-refractivity contribution in [3.05, 3.63) is 71.3 Å². The third kappa shape index (κ3) is 3.52. The topological polar surface area (TPSA) is 76.2 Å². The van der Waals surface area contributed by atoms with Crippen molar-refractivity contribution in [3.8, 4) is 5.75 Å². The zero-order valence-corrected chi connectivity index (χ0v) is 16.1. The summed E-state index contributed by atoms with van der Waals surface area (Å²) in [6.45, 7) is 0.439. The van der Waals surface area contributed by atoms with Gasteiger partial charge in [-0.15, -0.1) is 0 Å². The van der Waals surface area contributed by atoms with Gasteiger partial charge in [-0.3, -0.25) is 4.79 Å². The summed E-state index contributed by atoms with van der Waals surface area (Å²) < 4.78 is 24.9. The largest absolute Gasteiger partial charge is 0.488 e. The van der Waals surface area contributed by atoms with E-state index in [1.54, 1.807) is 26.4 Å². The molecule has 0 bridgehead atoms. The van der Waals surface area contributed by atoms with Crippen molar-refractivity contribution in [2.45, 2.75) is 13.2 Å². The van der Waals surface area contributed by atoms with E-state index < -0.39 is 0 Å². The molecule has 0 aliphatic carbocycles. The van der Waals surface area contributed by atoms with Gasteiger partial charge in [0.2, 0.25) is 0 Å². The Balaban J connectivity index is 1.87. The number of fused-ring (bicyclic) bond motifs is 3. The summed E-state index contributed by atoms with van der Waals surface area (Å²) >= 11 is 0. The Bertz CT molecular complexity index is 1200. The molecule has 0 saturated heterocycles. The molecule has 148 valence electrons. The lowest BCUT2D eigenvalue weighted by molar-refractivity contribution is 0.0953. The van der Waals surface area contributed by atoms with Crippen LogP contribution in [-0.4, -0.2) is 30.0 Å². The van der Waals surface area contributed by atoms with Crippen LogP contribution in [-0.2, 0) is 18.0 Å². The molecule has 2 heterocycles. The molecular formula is C22H20FN3O3. The van der Waals surface area contributed by atoms with Crippen LogP contribution < -0.4 is 10.1 Å². The normalized spacial score (nSPS) is 11.1. The highest BCUT2D eigenvalue weighted by atomic mass is 19.1. The van der Waals surface area contributed by atoms with Crippen LogP contribution in [0.25, 0.3) is 21.8 Å². The van der Waals surface area contributed by atoms with Gasteiger partial charge in [0.15, 0.2) is 0 Å². The van der Waals surface area contributed by atoms with Crippen molar-refractivity contribution in [2.75, 3.05) is 14.2 Å². The number of nitrogens with one attached hydrogen (secondary N) is 2. The van der Waals surface area contributed by atoms with Crippen LogP contribution in [0.5, 0.6) is 5.75 Å². The number of aromatic amines is 1. The van der Waals surface area contributed by atoms with E-state index >= 15 is 0 Å². The van der Waals surface area contributed by atoms with Crippen molar-refractivity contribution in [3.63, 3.8) is 0 Å². The molecule has 0 spiro atoms. The first kappa shape index (κ1) is 18.9. The lowest BCUT2D eigenvalue weighted by atomic mass is 10.0. The number of hydrogen-bond acceptors (Lipinski definition) is 4. The first-order valence-electron chi connectivity index (χ1n) is 9.13. The molecule has 0 aliphatic heterocycles. The Hall–Kier alpha value is -3.45. The van der Waals surface area contributed by atoms with Gasteiger partial charge in [0.05, 0.1) is 23.8 Å². The number of hydrogen-bond donors (Lipinski definition) is 2. The molecule has 4 rings (SSSR count). The highest BCUT2D eigenvalue weighted by molar-refractivity contribution is 6.14. The molecule has 2 aromatic heterocycles. The van der Waals surface area contributed by atoms with Gasteiger partial charge in [0.25, 0.3) is 5.91 Å². The third-order valence-corrected chi connectivity index (χ3v) is 4.74. The summed E-state index contributed by atoms with van der Waals surface area (Å²) in [5, 5.41) is 4.27. The summed E-state index contributed by atoms with van der Waals surface area (Å²) in [4.78, 5) is 20.0. The van der Waals surface area contributed by atoms with E-state index in [0.29, 0.717) is 17.0 Å². The zero-order chi connectivity index (χ0) is 20.4. The van der Waals surface area contributed by atoms with E-state index in [-0.39, 0.29) is 24.9 Å². The monoisotopic (exact) mass is 393 g/mol. The molecule has 4 aromatic rings. The molecule has 2 N–H and O–H groups in total. The van der Waals surface area contributed by atoms with Crippen LogP contribution in [0.2, 0.25) is 0 Å². The van der Waals surface area contributed by atoms with Crippen LogP contribution in [0.4, 0.5) is 4.39 Å². The summed E-state index contributed by atoms with van der Waals surface area (Å²) in [7, 11) is 3.14. The Kier molecular flexibility index (Phi) is 5.14. The number of benzene rings is 2. The predicted octanol–water partition coefficient (Wildman–Crippen LogP) is 3.94. The molecule has 0 unspecified atom stereocenters. The van der Waals surface area contributed by atoms with E-state index in [1.165, 1.54) is 12.1 Å². The lowest BCUT2D eigenvalue weighted by Crippen LogP contribution is -2.21. The SMILES string of the molecule is CNC(=O)c1ncc2[nH]c3cccc(OCc4cccc(F)c4)c3c2c1COC. The summed E-state index contributed by atoms with van der Waals surface area (Å²) in [6.07, 6.45) is 1.63. The summed E-state index contributed by atoms with van der Waals surface area (Å²) in [6, 6.07) is 12.0. The van der Waals surface area contributed by atoms with E-state index in [4.69, 9.17) is 9.47 Å². The average molecular weight is 393 g/mol. The van der Waals surface area contributed by atoms with E-state index in [1.807, 2.05) is 24.3 Å². The molecule has 0 radical (unpaired) electrons. The van der Waals surface area contributed by atoms with Crippen molar-refractivity contribution in [1.29, 1.82) is 0 Å². The van der Waals surface area contributed by atoms with Gasteiger partial charge < -0.3 is 19.8 Å². The standard InChI is InChI=1S/C22H20FN3O3/c1-24-22(27)21-15(12-28-2)19-17(10-25-21)26-16-7-4-8-18(20(16)19)29-11-13-5-3-6-14(23)9-13/h3-10,26H,11-12H2,1-2H3,(H,24,27). The molecule has 1 amide bonds. The van der Waals surface area contributed by atoms with Crippen LogP contribution in [0.3, 0.4) is 0 Å². The number of rotatable bonds is 6. The molecular weight excluding hydrogens is 373 g/mol. The van der Waals surface area contributed by atoms with E-state index in [9.17, 15) is 9.18 Å². The number of nitrogens with zero attached hydrogens (tertiary/aromatic N) is 1. The fraction of sp³-hybridized carbons (Fsp3) is 0.182. The number of pyridine rings is 1. The van der Waals surface area contributed by atoms with Crippen molar-refractivity contribution < 1.29 is 18.7 Å². The second kappa shape index (κ2) is 7.89. The second-order valence-electron chi connectivity index (χ2n) is 6.61. The summed E-state index contributed by atoms with van der Waals surface area (Å²) in [5.74, 6) is 0.0379. The number of aromatic nitrogens is 2. The number of halogens is 1. The minimum atomic E-state index is -0.305. The number of carbonyl (C=O) groups is 1. The zero-order valence-electron chi connectivity index (χ0n) is 16.1. The first-order chi connectivity index (χ1) is 14.1. The number of H-pyrrole nitrogens is 1. The number of amides is 1. The maximum Gasteiger partial charge on any atom is 0.270 e. The minimum Gasteiger partial charge on any atom is -0.488 e. The van der Waals surface area contributed by atoms with Gasteiger partial charge in [0, 0.05) is 30.5 Å². The van der Waals surface area contributed by atoms with Gasteiger partial charge in [-0.2, -0.15) is 0 Å². The van der Waals surface area contributed by atoms with Gasteiger partial charge in [0.1, 0.15) is 23.9 Å². The van der Waals surface area contributed by atoms with Crippen molar-refractivity contribution in [1.82, 2.24) is 15.3 Å².